The Balaban J connectivity index is 1.51. The Hall–Kier alpha value is -2.78. The fourth-order valence-corrected chi connectivity index (χ4v) is 4.05. The Labute approximate surface area is 231 Å². The van der Waals surface area contributed by atoms with Gasteiger partial charge in [0.15, 0.2) is 11.5 Å². The van der Waals surface area contributed by atoms with Crippen LogP contribution in [-0.4, -0.2) is 31.7 Å². The van der Waals surface area contributed by atoms with Crippen molar-refractivity contribution in [2.45, 2.75) is 13.0 Å². The van der Waals surface area contributed by atoms with E-state index in [0.717, 1.165) is 5.56 Å². The van der Waals surface area contributed by atoms with Crippen LogP contribution in [0.25, 0.3) is 0 Å². The second kappa shape index (κ2) is 13.5. The molecule has 188 valence electrons. The number of nitrogens with one attached hydrogen (secondary N) is 2. The third-order valence-corrected chi connectivity index (χ3v) is 6.50. The Bertz CT molecular complexity index is 1290. The highest BCUT2D eigenvalue weighted by Crippen LogP contribution is 2.37. The van der Waals surface area contributed by atoms with E-state index in [1.165, 1.54) is 25.5 Å². The van der Waals surface area contributed by atoms with Crippen LogP contribution in [-0.2, 0) is 11.4 Å². The number of carbonyl (C=O) groups is 2. The van der Waals surface area contributed by atoms with Crippen molar-refractivity contribution in [1.82, 2.24) is 10.7 Å². The lowest BCUT2D eigenvalue weighted by Gasteiger charge is -2.14. The number of carbonyl (C=O) groups excluding carboxylic acids is 2. The standard InChI is InChI=1S/C25H21BrCl3N3O4/c1-35-22-11-15(10-18(26)24(22)36-14-17-4-2-3-5-19(17)27)13-31-32-23(33)8-9-30-25(34)16-6-7-20(28)21(29)12-16/h2-7,10-13H,8-9,14H2,1H3,(H,30,34)(H,32,33). The normalized spacial score (nSPS) is 10.8. The van der Waals surface area contributed by atoms with Gasteiger partial charge >= 0.3 is 0 Å². The molecule has 0 aliphatic carbocycles. The summed E-state index contributed by atoms with van der Waals surface area (Å²) in [7, 11) is 1.53. The summed E-state index contributed by atoms with van der Waals surface area (Å²) in [5.41, 5.74) is 4.28. The molecule has 3 aromatic rings. The number of benzene rings is 3. The Morgan fingerprint density at radius 1 is 1.03 bits per heavy atom. The quantitative estimate of drug-likeness (QED) is 0.209. The van der Waals surface area contributed by atoms with E-state index < -0.39 is 0 Å². The summed E-state index contributed by atoms with van der Waals surface area (Å²) in [6, 6.07) is 15.4. The molecular formula is C25H21BrCl3N3O4. The van der Waals surface area contributed by atoms with Gasteiger partial charge in [-0.15, -0.1) is 0 Å². The summed E-state index contributed by atoms with van der Waals surface area (Å²) in [5.74, 6) is 0.260. The molecule has 0 unspecified atom stereocenters. The Kier molecular flexibility index (Phi) is 10.4. The second-order valence-corrected chi connectivity index (χ2v) is 9.42. The van der Waals surface area contributed by atoms with Crippen molar-refractivity contribution >= 4 is 68.8 Å². The van der Waals surface area contributed by atoms with Gasteiger partial charge in [0.05, 0.1) is 27.8 Å². The van der Waals surface area contributed by atoms with Crippen LogP contribution in [0, 0.1) is 0 Å². The topological polar surface area (TPSA) is 89.0 Å². The summed E-state index contributed by atoms with van der Waals surface area (Å²) in [6.07, 6.45) is 1.50. The predicted octanol–water partition coefficient (Wildman–Crippen LogP) is 6.27. The first kappa shape index (κ1) is 27.8. The molecular weight excluding hydrogens is 593 g/mol. The zero-order valence-electron chi connectivity index (χ0n) is 19.0. The van der Waals surface area contributed by atoms with Crippen LogP contribution in [0.1, 0.15) is 27.9 Å². The summed E-state index contributed by atoms with van der Waals surface area (Å²) in [4.78, 5) is 24.2. The second-order valence-electron chi connectivity index (χ2n) is 7.34. The van der Waals surface area contributed by atoms with Gasteiger partial charge in [-0.05, 0) is 57.9 Å². The van der Waals surface area contributed by atoms with E-state index in [1.807, 2.05) is 18.2 Å². The Morgan fingerprint density at radius 3 is 2.53 bits per heavy atom. The predicted molar refractivity (Wildman–Crippen MR) is 146 cm³/mol. The maximum Gasteiger partial charge on any atom is 0.251 e. The molecule has 0 aromatic heterocycles. The first-order valence-electron chi connectivity index (χ1n) is 10.6. The molecule has 0 heterocycles. The first-order chi connectivity index (χ1) is 17.3. The molecule has 0 aliphatic heterocycles. The molecule has 0 fully saturated rings. The van der Waals surface area contributed by atoms with Crippen molar-refractivity contribution in [3.8, 4) is 11.5 Å². The van der Waals surface area contributed by atoms with E-state index in [4.69, 9.17) is 44.3 Å². The van der Waals surface area contributed by atoms with Gasteiger partial charge in [-0.25, -0.2) is 5.43 Å². The van der Waals surface area contributed by atoms with Crippen molar-refractivity contribution in [3.63, 3.8) is 0 Å². The van der Waals surface area contributed by atoms with Crippen molar-refractivity contribution in [2.24, 2.45) is 5.10 Å². The average Bonchev–Trinajstić information content (AvgIpc) is 2.85. The van der Waals surface area contributed by atoms with Crippen molar-refractivity contribution < 1.29 is 19.1 Å². The first-order valence-corrected chi connectivity index (χ1v) is 12.5. The summed E-state index contributed by atoms with van der Waals surface area (Å²) in [5, 5.41) is 7.85. The minimum Gasteiger partial charge on any atom is -0.493 e. The monoisotopic (exact) mass is 611 g/mol. The van der Waals surface area contributed by atoms with E-state index in [0.29, 0.717) is 37.1 Å². The van der Waals surface area contributed by atoms with Gasteiger partial charge in [0.25, 0.3) is 5.91 Å². The lowest BCUT2D eigenvalue weighted by Crippen LogP contribution is -2.29. The smallest absolute Gasteiger partial charge is 0.251 e. The van der Waals surface area contributed by atoms with Gasteiger partial charge < -0.3 is 14.8 Å². The number of hydrogen-bond donors (Lipinski definition) is 2. The van der Waals surface area contributed by atoms with Gasteiger partial charge in [0.2, 0.25) is 5.91 Å². The lowest BCUT2D eigenvalue weighted by atomic mass is 10.2. The summed E-state index contributed by atoms with van der Waals surface area (Å²) in [6.45, 7) is 0.386. The number of hydrogen-bond acceptors (Lipinski definition) is 5. The van der Waals surface area contributed by atoms with E-state index >= 15 is 0 Å². The third kappa shape index (κ3) is 7.86. The third-order valence-electron chi connectivity index (χ3n) is 4.80. The minimum atomic E-state index is -0.369. The van der Waals surface area contributed by atoms with E-state index in [2.05, 4.69) is 31.8 Å². The number of ether oxygens (including phenoxy) is 2. The zero-order valence-corrected chi connectivity index (χ0v) is 22.8. The number of amides is 2. The molecule has 2 N–H and O–H groups in total. The lowest BCUT2D eigenvalue weighted by molar-refractivity contribution is -0.120. The average molecular weight is 614 g/mol. The molecule has 11 heteroatoms. The molecule has 0 saturated heterocycles. The van der Waals surface area contributed by atoms with E-state index in [-0.39, 0.29) is 36.4 Å². The van der Waals surface area contributed by atoms with Crippen LogP contribution >= 0.6 is 50.7 Å². The van der Waals surface area contributed by atoms with Crippen LogP contribution in [0.15, 0.2) is 64.2 Å². The molecule has 7 nitrogen and oxygen atoms in total. The minimum absolute atomic E-state index is 0.0340. The van der Waals surface area contributed by atoms with Gasteiger partial charge in [0, 0.05) is 29.1 Å². The van der Waals surface area contributed by atoms with Crippen LogP contribution in [0.2, 0.25) is 15.1 Å². The molecule has 0 bridgehead atoms. The van der Waals surface area contributed by atoms with Crippen LogP contribution in [0.4, 0.5) is 0 Å². The molecule has 0 radical (unpaired) electrons. The molecule has 3 aromatic carbocycles. The van der Waals surface area contributed by atoms with Crippen LogP contribution in [0.3, 0.4) is 0 Å². The number of methoxy groups -OCH3 is 1. The summed E-state index contributed by atoms with van der Waals surface area (Å²) >= 11 is 21.4. The molecule has 3 rings (SSSR count). The van der Waals surface area contributed by atoms with Crippen molar-refractivity contribution in [1.29, 1.82) is 0 Å². The summed E-state index contributed by atoms with van der Waals surface area (Å²) < 4.78 is 12.0. The molecule has 36 heavy (non-hydrogen) atoms. The molecule has 0 spiro atoms. The number of nitrogens with zero attached hydrogens (tertiary/aromatic N) is 1. The van der Waals surface area contributed by atoms with Gasteiger partial charge in [0.1, 0.15) is 6.61 Å². The highest BCUT2D eigenvalue weighted by atomic mass is 79.9. The molecule has 0 saturated carbocycles. The van der Waals surface area contributed by atoms with Gasteiger partial charge in [-0.2, -0.15) is 5.10 Å². The SMILES string of the molecule is COc1cc(C=NNC(=O)CCNC(=O)c2ccc(Cl)c(Cl)c2)cc(Br)c1OCc1ccccc1Cl. The highest BCUT2D eigenvalue weighted by Gasteiger charge is 2.13. The number of rotatable bonds is 10. The maximum atomic E-state index is 12.1. The highest BCUT2D eigenvalue weighted by molar-refractivity contribution is 9.10. The van der Waals surface area contributed by atoms with Gasteiger partial charge in [-0.3, -0.25) is 9.59 Å². The van der Waals surface area contributed by atoms with Crippen molar-refractivity contribution in [3.05, 3.63) is 90.8 Å². The molecule has 2 amide bonds. The van der Waals surface area contributed by atoms with Crippen LogP contribution < -0.4 is 20.2 Å². The largest absolute Gasteiger partial charge is 0.493 e. The zero-order chi connectivity index (χ0) is 26.1. The number of halogens is 4. The Morgan fingerprint density at radius 2 is 1.81 bits per heavy atom. The van der Waals surface area contributed by atoms with Crippen molar-refractivity contribution in [2.75, 3.05) is 13.7 Å². The van der Waals surface area contributed by atoms with E-state index in [1.54, 1.807) is 24.3 Å². The molecule has 0 atom stereocenters. The maximum absolute atomic E-state index is 12.1. The van der Waals surface area contributed by atoms with E-state index in [9.17, 15) is 9.59 Å². The number of hydrazone groups is 1. The fourth-order valence-electron chi connectivity index (χ4n) is 2.98. The van der Waals surface area contributed by atoms with Crippen LogP contribution in [0.5, 0.6) is 11.5 Å². The molecule has 0 aliphatic rings. The fraction of sp³-hybridized carbons (Fsp3) is 0.160. The van der Waals surface area contributed by atoms with Gasteiger partial charge in [-0.1, -0.05) is 53.0 Å².